The van der Waals surface area contributed by atoms with E-state index >= 15 is 0 Å². The number of alkyl halides is 1. The van der Waals surface area contributed by atoms with Crippen LogP contribution in [0.2, 0.25) is 0 Å². The lowest BCUT2D eigenvalue weighted by Gasteiger charge is -2.15. The molecule has 0 fully saturated rings. The lowest BCUT2D eigenvalue weighted by molar-refractivity contribution is 0.0320. The van der Waals surface area contributed by atoms with Crippen molar-refractivity contribution in [2.45, 2.75) is 16.9 Å². The van der Waals surface area contributed by atoms with E-state index in [1.807, 2.05) is 0 Å². The molecule has 1 rings (SSSR count). The summed E-state index contributed by atoms with van der Waals surface area (Å²) in [5.74, 6) is -0.722. The molecule has 0 saturated heterocycles. The average molecular weight is 326 g/mol. The number of halogens is 2. The minimum absolute atomic E-state index is 0.0167. The van der Waals surface area contributed by atoms with Crippen molar-refractivity contribution in [2.75, 3.05) is 27.4 Å². The third-order valence-corrected chi connectivity index (χ3v) is 4.37. The molecule has 0 radical (unpaired) electrons. The molecule has 0 saturated carbocycles. The van der Waals surface area contributed by atoms with Gasteiger partial charge in [0.1, 0.15) is 10.7 Å². The van der Waals surface area contributed by atoms with Crippen molar-refractivity contribution in [2.24, 2.45) is 0 Å². The van der Waals surface area contributed by atoms with Crippen LogP contribution in [0.15, 0.2) is 23.1 Å². The van der Waals surface area contributed by atoms with Gasteiger partial charge < -0.3 is 9.47 Å². The predicted octanol–water partition coefficient (Wildman–Crippen LogP) is 1.50. The second-order valence-corrected chi connectivity index (χ2v) is 6.07. The van der Waals surface area contributed by atoms with Crippen molar-refractivity contribution in [3.05, 3.63) is 29.6 Å². The summed E-state index contributed by atoms with van der Waals surface area (Å²) in [6, 6.07) is 3.72. The normalized spacial score (nSPS) is 13.4. The first-order chi connectivity index (χ1) is 9.44. The van der Waals surface area contributed by atoms with Gasteiger partial charge in [0.15, 0.2) is 0 Å². The molecule has 0 bridgehead atoms. The van der Waals surface area contributed by atoms with E-state index < -0.39 is 26.8 Å². The number of nitrogens with one attached hydrogen (secondary N) is 1. The molecule has 0 heterocycles. The second kappa shape index (κ2) is 7.90. The Bertz CT molecular complexity index is 538. The Balaban J connectivity index is 2.88. The Hall–Kier alpha value is -0.730. The molecular weight excluding hydrogens is 309 g/mol. The molecule has 0 amide bonds. The van der Waals surface area contributed by atoms with Gasteiger partial charge in [0, 0.05) is 26.6 Å². The zero-order chi connectivity index (χ0) is 15.2. The van der Waals surface area contributed by atoms with E-state index in [0.717, 1.165) is 6.07 Å². The van der Waals surface area contributed by atoms with Crippen LogP contribution in [0.1, 0.15) is 5.56 Å². The number of methoxy groups -OCH3 is 2. The van der Waals surface area contributed by atoms with Crippen molar-refractivity contribution in [1.82, 2.24) is 4.72 Å². The van der Waals surface area contributed by atoms with Crippen LogP contribution in [0.5, 0.6) is 0 Å². The Morgan fingerprint density at radius 3 is 2.65 bits per heavy atom. The van der Waals surface area contributed by atoms with Gasteiger partial charge in [0.05, 0.1) is 12.7 Å². The van der Waals surface area contributed by atoms with E-state index in [2.05, 4.69) is 4.72 Å². The van der Waals surface area contributed by atoms with Crippen molar-refractivity contribution in [3.8, 4) is 0 Å². The molecule has 1 unspecified atom stereocenters. The van der Waals surface area contributed by atoms with Crippen LogP contribution >= 0.6 is 11.6 Å². The van der Waals surface area contributed by atoms with Gasteiger partial charge in [0.25, 0.3) is 0 Å². The van der Waals surface area contributed by atoms with Gasteiger partial charge in [-0.1, -0.05) is 6.07 Å². The quantitative estimate of drug-likeness (QED) is 0.736. The summed E-state index contributed by atoms with van der Waals surface area (Å²) in [5.41, 5.74) is 0.522. The predicted molar refractivity (Wildman–Crippen MR) is 73.8 cm³/mol. The van der Waals surface area contributed by atoms with E-state index in [-0.39, 0.29) is 19.0 Å². The van der Waals surface area contributed by atoms with E-state index in [0.29, 0.717) is 5.56 Å². The summed E-state index contributed by atoms with van der Waals surface area (Å²) in [4.78, 5) is -0.428. The molecule has 0 aliphatic heterocycles. The molecule has 1 N–H and O–H groups in total. The number of benzene rings is 1. The van der Waals surface area contributed by atoms with Crippen molar-refractivity contribution in [1.29, 1.82) is 0 Å². The van der Waals surface area contributed by atoms with E-state index in [1.165, 1.54) is 26.4 Å². The Labute approximate surface area is 123 Å². The highest BCUT2D eigenvalue weighted by Crippen LogP contribution is 2.17. The third-order valence-electron chi connectivity index (χ3n) is 2.63. The highest BCUT2D eigenvalue weighted by atomic mass is 35.5. The van der Waals surface area contributed by atoms with Crippen LogP contribution in [0.4, 0.5) is 4.39 Å². The van der Waals surface area contributed by atoms with Crippen molar-refractivity contribution in [3.63, 3.8) is 0 Å². The second-order valence-electron chi connectivity index (χ2n) is 4.06. The topological polar surface area (TPSA) is 64.6 Å². The smallest absolute Gasteiger partial charge is 0.243 e. The molecule has 0 spiro atoms. The first-order valence-corrected chi connectivity index (χ1v) is 7.82. The van der Waals surface area contributed by atoms with Gasteiger partial charge in [-0.15, -0.1) is 11.6 Å². The van der Waals surface area contributed by atoms with Crippen LogP contribution < -0.4 is 4.72 Å². The Morgan fingerprint density at radius 1 is 1.40 bits per heavy atom. The van der Waals surface area contributed by atoms with Gasteiger partial charge in [0.2, 0.25) is 10.0 Å². The van der Waals surface area contributed by atoms with Crippen LogP contribution in [-0.4, -0.2) is 41.9 Å². The number of sulfonamides is 1. The lowest BCUT2D eigenvalue weighted by atomic mass is 10.2. The summed E-state index contributed by atoms with van der Waals surface area (Å²) in [7, 11) is -1.05. The highest BCUT2D eigenvalue weighted by molar-refractivity contribution is 7.89. The monoisotopic (exact) mass is 325 g/mol. The average Bonchev–Trinajstić information content (AvgIpc) is 2.43. The lowest BCUT2D eigenvalue weighted by Crippen LogP contribution is -2.36. The number of hydrogen-bond donors (Lipinski definition) is 1. The standard InChI is InChI=1S/C12H17ClFNO4S/c1-18-8-10(19-2)7-15-20(16,17)12-5-9(6-13)3-4-11(12)14/h3-5,10,15H,6-8H2,1-2H3. The molecule has 20 heavy (non-hydrogen) atoms. The molecule has 1 atom stereocenters. The first kappa shape index (κ1) is 17.3. The van der Waals surface area contributed by atoms with Crippen molar-refractivity contribution < 1.29 is 22.3 Å². The van der Waals surface area contributed by atoms with Gasteiger partial charge >= 0.3 is 0 Å². The number of hydrogen-bond acceptors (Lipinski definition) is 4. The molecule has 0 aliphatic carbocycles. The Morgan fingerprint density at radius 2 is 2.10 bits per heavy atom. The highest BCUT2D eigenvalue weighted by Gasteiger charge is 2.21. The van der Waals surface area contributed by atoms with Gasteiger partial charge in [-0.2, -0.15) is 0 Å². The number of ether oxygens (including phenoxy) is 2. The molecule has 8 heteroatoms. The third kappa shape index (κ3) is 4.68. The maximum absolute atomic E-state index is 13.6. The van der Waals surface area contributed by atoms with Crippen LogP contribution in [-0.2, 0) is 25.4 Å². The minimum Gasteiger partial charge on any atom is -0.382 e. The van der Waals surface area contributed by atoms with Crippen LogP contribution in [0.3, 0.4) is 0 Å². The minimum atomic E-state index is -3.97. The fourth-order valence-corrected chi connectivity index (χ4v) is 2.87. The fraction of sp³-hybridized carbons (Fsp3) is 0.500. The van der Waals surface area contributed by atoms with Crippen molar-refractivity contribution >= 4 is 21.6 Å². The molecule has 1 aromatic rings. The largest absolute Gasteiger partial charge is 0.382 e. The Kier molecular flexibility index (Phi) is 6.84. The summed E-state index contributed by atoms with van der Waals surface area (Å²) in [6.45, 7) is 0.209. The number of rotatable bonds is 8. The van der Waals surface area contributed by atoms with Crippen LogP contribution in [0.25, 0.3) is 0 Å². The van der Waals surface area contributed by atoms with Crippen LogP contribution in [0, 0.1) is 5.82 Å². The molecule has 114 valence electrons. The summed E-state index contributed by atoms with van der Waals surface area (Å²) in [5, 5.41) is 0. The van der Waals surface area contributed by atoms with Gasteiger partial charge in [-0.3, -0.25) is 0 Å². The molecular formula is C12H17ClFNO4S. The summed E-state index contributed by atoms with van der Waals surface area (Å²) >= 11 is 5.62. The fourth-order valence-electron chi connectivity index (χ4n) is 1.51. The summed E-state index contributed by atoms with van der Waals surface area (Å²) < 4.78 is 49.9. The summed E-state index contributed by atoms with van der Waals surface area (Å²) in [6.07, 6.45) is -0.450. The maximum Gasteiger partial charge on any atom is 0.243 e. The molecule has 1 aromatic carbocycles. The maximum atomic E-state index is 13.6. The first-order valence-electron chi connectivity index (χ1n) is 5.80. The zero-order valence-corrected chi connectivity index (χ0v) is 12.8. The van der Waals surface area contributed by atoms with E-state index in [1.54, 1.807) is 0 Å². The molecule has 0 aromatic heterocycles. The SMILES string of the molecule is COCC(CNS(=O)(=O)c1cc(CCl)ccc1F)OC. The van der Waals surface area contributed by atoms with E-state index in [9.17, 15) is 12.8 Å². The van der Waals surface area contributed by atoms with Gasteiger partial charge in [-0.05, 0) is 17.7 Å². The van der Waals surface area contributed by atoms with E-state index in [4.69, 9.17) is 21.1 Å². The van der Waals surface area contributed by atoms with Gasteiger partial charge in [-0.25, -0.2) is 17.5 Å². The zero-order valence-electron chi connectivity index (χ0n) is 11.2. The molecule has 5 nitrogen and oxygen atoms in total. The molecule has 0 aliphatic rings.